The van der Waals surface area contributed by atoms with Crippen LogP contribution in [0.3, 0.4) is 0 Å². The van der Waals surface area contributed by atoms with E-state index in [1.165, 1.54) is 16.9 Å². The molecule has 3 heterocycles. The first-order valence-corrected chi connectivity index (χ1v) is 4.57. The number of hydrogen-bond donors (Lipinski definition) is 1. The van der Waals surface area contributed by atoms with Gasteiger partial charge in [0.1, 0.15) is 12.3 Å². The molecule has 1 unspecified atom stereocenters. The molecule has 1 aromatic rings. The molecular formula is C10H8N2O3. The molecule has 0 aromatic carbocycles. The highest BCUT2D eigenvalue weighted by molar-refractivity contribution is 5.95. The van der Waals surface area contributed by atoms with Crippen molar-refractivity contribution >= 4 is 5.91 Å². The number of aromatic nitrogens is 1. The lowest BCUT2D eigenvalue weighted by atomic mass is 10.2. The number of carbonyl (C=O) groups excluding carboxylic acids is 1. The van der Waals surface area contributed by atoms with Crippen LogP contribution >= 0.6 is 0 Å². The van der Waals surface area contributed by atoms with Crippen molar-refractivity contribution in [3.8, 4) is 0 Å². The topological polar surface area (TPSA) is 60.3 Å². The summed E-state index contributed by atoms with van der Waals surface area (Å²) in [6.45, 7) is 0.260. The van der Waals surface area contributed by atoms with Crippen molar-refractivity contribution in [1.82, 2.24) is 9.88 Å². The van der Waals surface area contributed by atoms with E-state index in [1.807, 2.05) is 0 Å². The van der Waals surface area contributed by atoms with Crippen LogP contribution in [0.15, 0.2) is 35.3 Å². The third-order valence-corrected chi connectivity index (χ3v) is 2.66. The molecule has 76 valence electrons. The predicted molar refractivity (Wildman–Crippen MR) is 51.2 cm³/mol. The molecule has 1 aromatic heterocycles. The van der Waals surface area contributed by atoms with Gasteiger partial charge in [-0.05, 0) is 12.1 Å². The maximum Gasteiger partial charge on any atom is 0.270 e. The average Bonchev–Trinajstić information content (AvgIpc) is 2.76. The van der Waals surface area contributed by atoms with Crippen molar-refractivity contribution in [3.05, 3.63) is 46.6 Å². The Morgan fingerprint density at radius 2 is 2.27 bits per heavy atom. The van der Waals surface area contributed by atoms with E-state index in [4.69, 9.17) is 4.74 Å². The SMILES string of the molecule is O=C1NC2(C=COC2)n2c1cccc2=O. The minimum atomic E-state index is -0.815. The molecule has 1 spiro atoms. The van der Waals surface area contributed by atoms with Gasteiger partial charge in [-0.1, -0.05) is 6.07 Å². The summed E-state index contributed by atoms with van der Waals surface area (Å²) in [5, 5.41) is 2.75. The summed E-state index contributed by atoms with van der Waals surface area (Å²) in [7, 11) is 0. The van der Waals surface area contributed by atoms with Crippen molar-refractivity contribution in [2.45, 2.75) is 5.66 Å². The zero-order chi connectivity index (χ0) is 10.5. The zero-order valence-electron chi connectivity index (χ0n) is 7.77. The molecule has 5 heteroatoms. The summed E-state index contributed by atoms with van der Waals surface area (Å²) in [6, 6.07) is 4.63. The second-order valence-electron chi connectivity index (χ2n) is 3.58. The zero-order valence-corrected chi connectivity index (χ0v) is 7.77. The van der Waals surface area contributed by atoms with Gasteiger partial charge in [0.2, 0.25) is 0 Å². The number of ether oxygens (including phenoxy) is 1. The van der Waals surface area contributed by atoms with Gasteiger partial charge in [-0.2, -0.15) is 0 Å². The number of pyridine rings is 1. The minimum Gasteiger partial charge on any atom is -0.497 e. The second kappa shape index (κ2) is 2.50. The van der Waals surface area contributed by atoms with Gasteiger partial charge in [0, 0.05) is 6.07 Å². The minimum absolute atomic E-state index is 0.207. The number of hydrogen-bond acceptors (Lipinski definition) is 3. The van der Waals surface area contributed by atoms with Crippen molar-refractivity contribution in [2.24, 2.45) is 0 Å². The van der Waals surface area contributed by atoms with Gasteiger partial charge in [0.25, 0.3) is 11.5 Å². The van der Waals surface area contributed by atoms with Crippen LogP contribution in [-0.2, 0) is 10.4 Å². The van der Waals surface area contributed by atoms with Crippen molar-refractivity contribution < 1.29 is 9.53 Å². The van der Waals surface area contributed by atoms with Gasteiger partial charge in [0.15, 0.2) is 5.66 Å². The van der Waals surface area contributed by atoms with Crippen LogP contribution in [0.2, 0.25) is 0 Å². The second-order valence-corrected chi connectivity index (χ2v) is 3.58. The van der Waals surface area contributed by atoms with E-state index in [-0.39, 0.29) is 18.1 Å². The van der Waals surface area contributed by atoms with Crippen LogP contribution in [0, 0.1) is 0 Å². The molecule has 1 atom stereocenters. The van der Waals surface area contributed by atoms with E-state index >= 15 is 0 Å². The molecule has 15 heavy (non-hydrogen) atoms. The van der Waals surface area contributed by atoms with E-state index in [0.29, 0.717) is 5.69 Å². The van der Waals surface area contributed by atoms with E-state index in [0.717, 1.165) is 0 Å². The Morgan fingerprint density at radius 3 is 3.00 bits per heavy atom. The highest BCUT2D eigenvalue weighted by Gasteiger charge is 2.44. The normalized spacial score (nSPS) is 26.5. The average molecular weight is 204 g/mol. The molecule has 0 saturated heterocycles. The largest absolute Gasteiger partial charge is 0.497 e. The third-order valence-electron chi connectivity index (χ3n) is 2.66. The molecule has 0 saturated carbocycles. The Bertz CT molecular complexity index is 532. The Hall–Kier alpha value is -2.04. The number of carbonyl (C=O) groups is 1. The first-order chi connectivity index (χ1) is 7.23. The van der Waals surface area contributed by atoms with Gasteiger partial charge >= 0.3 is 0 Å². The summed E-state index contributed by atoms with van der Waals surface area (Å²) in [4.78, 5) is 23.3. The van der Waals surface area contributed by atoms with E-state index in [1.54, 1.807) is 18.2 Å². The maximum atomic E-state index is 11.7. The van der Waals surface area contributed by atoms with Crippen molar-refractivity contribution in [3.63, 3.8) is 0 Å². The van der Waals surface area contributed by atoms with Crippen LogP contribution in [0.5, 0.6) is 0 Å². The standard InChI is InChI=1S/C10H8N2O3/c13-8-3-1-2-7-9(14)11-10(12(7)8)4-5-15-6-10/h1-5H,6H2,(H,11,14). The molecule has 0 radical (unpaired) electrons. The molecule has 2 aliphatic rings. The highest BCUT2D eigenvalue weighted by Crippen LogP contribution is 2.26. The maximum absolute atomic E-state index is 11.7. The van der Waals surface area contributed by atoms with Gasteiger partial charge in [-0.15, -0.1) is 0 Å². The number of fused-ring (bicyclic) bond motifs is 2. The smallest absolute Gasteiger partial charge is 0.270 e. The lowest BCUT2D eigenvalue weighted by molar-refractivity contribution is 0.0911. The summed E-state index contributed by atoms with van der Waals surface area (Å²) < 4.78 is 6.52. The van der Waals surface area contributed by atoms with Crippen molar-refractivity contribution in [2.75, 3.05) is 6.61 Å². The fourth-order valence-corrected chi connectivity index (χ4v) is 2.00. The monoisotopic (exact) mass is 204 g/mol. The molecule has 3 rings (SSSR count). The summed E-state index contributed by atoms with van der Waals surface area (Å²) in [5.41, 5.74) is -0.649. The number of nitrogens with one attached hydrogen (secondary N) is 1. The predicted octanol–water partition coefficient (Wildman–Crippen LogP) is -0.212. The molecule has 2 aliphatic heterocycles. The van der Waals surface area contributed by atoms with Gasteiger partial charge < -0.3 is 10.1 Å². The molecular weight excluding hydrogens is 196 g/mol. The van der Waals surface area contributed by atoms with Crippen molar-refractivity contribution in [1.29, 1.82) is 0 Å². The summed E-state index contributed by atoms with van der Waals surface area (Å²) in [6.07, 6.45) is 3.18. The molecule has 0 aliphatic carbocycles. The number of amides is 1. The number of nitrogens with zero attached hydrogens (tertiary/aromatic N) is 1. The molecule has 1 amide bonds. The van der Waals surface area contributed by atoms with Crippen LogP contribution in [0.4, 0.5) is 0 Å². The Labute approximate surface area is 85.0 Å². The fourth-order valence-electron chi connectivity index (χ4n) is 2.00. The summed E-state index contributed by atoms with van der Waals surface area (Å²) >= 11 is 0. The Balaban J connectivity index is 2.33. The summed E-state index contributed by atoms with van der Waals surface area (Å²) in [5.74, 6) is -0.247. The Morgan fingerprint density at radius 1 is 1.40 bits per heavy atom. The Kier molecular flexibility index (Phi) is 1.38. The first kappa shape index (κ1) is 8.28. The van der Waals surface area contributed by atoms with Crippen LogP contribution < -0.4 is 10.9 Å². The van der Waals surface area contributed by atoms with Gasteiger partial charge in [0.05, 0.1) is 6.26 Å². The molecule has 5 nitrogen and oxygen atoms in total. The quantitative estimate of drug-likeness (QED) is 0.636. The molecule has 1 N–H and O–H groups in total. The van der Waals surface area contributed by atoms with Crippen LogP contribution in [-0.4, -0.2) is 17.1 Å². The van der Waals surface area contributed by atoms with E-state index < -0.39 is 5.66 Å². The number of rotatable bonds is 0. The van der Waals surface area contributed by atoms with Gasteiger partial charge in [-0.25, -0.2) is 0 Å². The lowest BCUT2D eigenvalue weighted by Crippen LogP contribution is -2.47. The fraction of sp³-hybridized carbons (Fsp3) is 0.200. The third kappa shape index (κ3) is 0.918. The first-order valence-electron chi connectivity index (χ1n) is 4.57. The van der Waals surface area contributed by atoms with E-state index in [9.17, 15) is 9.59 Å². The van der Waals surface area contributed by atoms with Crippen LogP contribution in [0.1, 0.15) is 10.5 Å². The van der Waals surface area contributed by atoms with E-state index in [2.05, 4.69) is 5.32 Å². The van der Waals surface area contributed by atoms with Crippen LogP contribution in [0.25, 0.3) is 0 Å². The molecule has 0 fully saturated rings. The highest BCUT2D eigenvalue weighted by atomic mass is 16.5. The molecule has 0 bridgehead atoms. The van der Waals surface area contributed by atoms with Gasteiger partial charge in [-0.3, -0.25) is 14.2 Å². The lowest BCUT2D eigenvalue weighted by Gasteiger charge is -2.21.